The summed E-state index contributed by atoms with van der Waals surface area (Å²) in [6.45, 7) is 4.85. The Labute approximate surface area is 215 Å². The second kappa shape index (κ2) is 10.7. The number of carbonyl (C=O) groups is 1. The number of rotatable bonds is 8. The third-order valence-electron chi connectivity index (χ3n) is 6.14. The number of thiazole rings is 1. The fourth-order valence-electron chi connectivity index (χ4n) is 3.97. The summed E-state index contributed by atoms with van der Waals surface area (Å²) in [5.41, 5.74) is 1.22. The van der Waals surface area contributed by atoms with E-state index in [1.807, 2.05) is 13.0 Å². The summed E-state index contributed by atoms with van der Waals surface area (Å²) >= 11 is 7.87. The second-order valence-electron chi connectivity index (χ2n) is 8.41. The van der Waals surface area contributed by atoms with Crippen LogP contribution in [0.25, 0.3) is 10.2 Å². The highest BCUT2D eigenvalue weighted by molar-refractivity contribution is 7.89. The number of methoxy groups -OCH3 is 1. The number of unbranched alkanes of at least 4 members (excludes halogenated alkanes) is 1. The highest BCUT2D eigenvalue weighted by Gasteiger charge is 2.26. The van der Waals surface area contributed by atoms with Crippen LogP contribution in [0.2, 0.25) is 5.02 Å². The Morgan fingerprint density at radius 2 is 1.83 bits per heavy atom. The molecule has 2 heterocycles. The molecule has 35 heavy (non-hydrogen) atoms. The van der Waals surface area contributed by atoms with Gasteiger partial charge in [-0.05, 0) is 42.8 Å². The molecule has 1 aromatic heterocycles. The molecule has 0 atom stereocenters. The van der Waals surface area contributed by atoms with Gasteiger partial charge in [0.1, 0.15) is 11.3 Å². The molecule has 3 aromatic rings. The first-order valence-corrected chi connectivity index (χ1v) is 14.1. The summed E-state index contributed by atoms with van der Waals surface area (Å²) in [5.74, 6) is 0.574. The summed E-state index contributed by atoms with van der Waals surface area (Å²) < 4.78 is 33.1. The molecule has 0 bridgehead atoms. The molecule has 2 aromatic carbocycles. The number of hydrogen-bond acceptors (Lipinski definition) is 7. The number of piperazine rings is 1. The van der Waals surface area contributed by atoms with Crippen molar-refractivity contribution in [2.75, 3.05) is 51.8 Å². The van der Waals surface area contributed by atoms with Gasteiger partial charge in [0.15, 0.2) is 5.13 Å². The average Bonchev–Trinajstić information content (AvgIpc) is 3.34. The quantitative estimate of drug-likeness (QED) is 0.426. The number of nitrogens with zero attached hydrogens (tertiary/aromatic N) is 4. The number of sulfonamides is 1. The predicted octanol–water partition coefficient (Wildman–Crippen LogP) is 4.34. The van der Waals surface area contributed by atoms with E-state index in [4.69, 9.17) is 21.3 Å². The standard InChI is InChI=1S/C24H29ClN4O4S2/c1-4-5-12-27(2)35(31,32)18-8-6-17(7-9-18)23(30)28-13-15-29(16-14-28)24-26-21-20(33-3)11-10-19(25)22(21)34-24/h6-11H,4-5,12-16H2,1-3H3. The van der Waals surface area contributed by atoms with Crippen molar-refractivity contribution in [3.8, 4) is 5.75 Å². The molecule has 11 heteroatoms. The molecule has 1 fully saturated rings. The van der Waals surface area contributed by atoms with Crippen LogP contribution in [0.15, 0.2) is 41.3 Å². The summed E-state index contributed by atoms with van der Waals surface area (Å²) in [7, 11) is -0.366. The molecule has 8 nitrogen and oxygen atoms in total. The molecule has 0 saturated carbocycles. The lowest BCUT2D eigenvalue weighted by molar-refractivity contribution is 0.0746. The Kier molecular flexibility index (Phi) is 7.85. The molecule has 0 aliphatic carbocycles. The van der Waals surface area contributed by atoms with E-state index in [0.29, 0.717) is 49.1 Å². The zero-order valence-electron chi connectivity index (χ0n) is 20.0. The Morgan fingerprint density at radius 1 is 1.14 bits per heavy atom. The molecule has 1 amide bonds. The van der Waals surface area contributed by atoms with Gasteiger partial charge in [0.25, 0.3) is 5.91 Å². The van der Waals surface area contributed by atoms with Crippen LogP contribution in [-0.4, -0.2) is 75.4 Å². The van der Waals surface area contributed by atoms with Crippen molar-refractivity contribution in [1.82, 2.24) is 14.2 Å². The largest absolute Gasteiger partial charge is 0.494 e. The van der Waals surface area contributed by atoms with Gasteiger partial charge in [-0.1, -0.05) is 36.3 Å². The number of carbonyl (C=O) groups excluding carboxylic acids is 1. The van der Waals surface area contributed by atoms with Crippen LogP contribution in [-0.2, 0) is 10.0 Å². The van der Waals surface area contributed by atoms with E-state index in [-0.39, 0.29) is 10.8 Å². The third-order valence-corrected chi connectivity index (χ3v) is 9.59. The molecule has 0 N–H and O–H groups in total. The predicted molar refractivity (Wildman–Crippen MR) is 140 cm³/mol. The first-order chi connectivity index (χ1) is 16.8. The van der Waals surface area contributed by atoms with Crippen molar-refractivity contribution in [2.24, 2.45) is 0 Å². The molecular formula is C24H29ClN4O4S2. The van der Waals surface area contributed by atoms with Crippen molar-refractivity contribution >= 4 is 54.2 Å². The Hall–Kier alpha value is -2.40. The summed E-state index contributed by atoms with van der Waals surface area (Å²) in [5, 5.41) is 1.49. The van der Waals surface area contributed by atoms with Gasteiger partial charge in [-0.15, -0.1) is 0 Å². The van der Waals surface area contributed by atoms with Crippen molar-refractivity contribution in [3.05, 3.63) is 47.0 Å². The third kappa shape index (κ3) is 5.25. The van der Waals surface area contributed by atoms with E-state index in [0.717, 1.165) is 28.2 Å². The Balaban J connectivity index is 1.41. The van der Waals surface area contributed by atoms with E-state index in [1.165, 1.54) is 27.8 Å². The Bertz CT molecular complexity index is 1300. The lowest BCUT2D eigenvalue weighted by Crippen LogP contribution is -2.48. The minimum Gasteiger partial charge on any atom is -0.494 e. The number of amides is 1. The van der Waals surface area contributed by atoms with Gasteiger partial charge in [-0.3, -0.25) is 4.79 Å². The number of hydrogen-bond donors (Lipinski definition) is 0. The number of aromatic nitrogens is 1. The zero-order chi connectivity index (χ0) is 25.2. The molecule has 1 aliphatic heterocycles. The Morgan fingerprint density at radius 3 is 2.46 bits per heavy atom. The summed E-state index contributed by atoms with van der Waals surface area (Å²) in [4.78, 5) is 21.9. The maximum Gasteiger partial charge on any atom is 0.253 e. The van der Waals surface area contributed by atoms with Crippen molar-refractivity contribution in [2.45, 2.75) is 24.7 Å². The first-order valence-electron chi connectivity index (χ1n) is 11.5. The van der Waals surface area contributed by atoms with Gasteiger partial charge >= 0.3 is 0 Å². The molecule has 0 radical (unpaired) electrons. The summed E-state index contributed by atoms with van der Waals surface area (Å²) in [6.07, 6.45) is 1.72. The van der Waals surface area contributed by atoms with E-state index in [1.54, 1.807) is 37.3 Å². The lowest BCUT2D eigenvalue weighted by Gasteiger charge is -2.34. The number of benzene rings is 2. The van der Waals surface area contributed by atoms with Gasteiger partial charge in [-0.25, -0.2) is 17.7 Å². The fourth-order valence-corrected chi connectivity index (χ4v) is 6.49. The van der Waals surface area contributed by atoms with E-state index < -0.39 is 10.0 Å². The smallest absolute Gasteiger partial charge is 0.253 e. The highest BCUT2D eigenvalue weighted by Crippen LogP contribution is 2.38. The molecule has 188 valence electrons. The summed E-state index contributed by atoms with van der Waals surface area (Å²) in [6, 6.07) is 9.83. The van der Waals surface area contributed by atoms with Crippen molar-refractivity contribution in [3.63, 3.8) is 0 Å². The number of anilines is 1. The minimum atomic E-state index is -3.56. The highest BCUT2D eigenvalue weighted by atomic mass is 35.5. The maximum atomic E-state index is 13.0. The number of fused-ring (bicyclic) bond motifs is 1. The lowest BCUT2D eigenvalue weighted by atomic mass is 10.2. The molecule has 4 rings (SSSR count). The van der Waals surface area contributed by atoms with E-state index >= 15 is 0 Å². The number of halogens is 1. The monoisotopic (exact) mass is 536 g/mol. The normalized spacial score (nSPS) is 14.7. The van der Waals surface area contributed by atoms with Crippen LogP contribution in [0, 0.1) is 0 Å². The molecule has 1 saturated heterocycles. The molecule has 1 aliphatic rings. The van der Waals surface area contributed by atoms with Crippen LogP contribution in [0.3, 0.4) is 0 Å². The van der Waals surface area contributed by atoms with Crippen molar-refractivity contribution < 1.29 is 17.9 Å². The van der Waals surface area contributed by atoms with E-state index in [2.05, 4.69) is 4.90 Å². The molecule has 0 unspecified atom stereocenters. The van der Waals surface area contributed by atoms with Gasteiger partial charge in [0.2, 0.25) is 10.0 Å². The first kappa shape index (κ1) is 25.7. The van der Waals surface area contributed by atoms with Gasteiger partial charge < -0.3 is 14.5 Å². The van der Waals surface area contributed by atoms with Crippen LogP contribution >= 0.6 is 22.9 Å². The van der Waals surface area contributed by atoms with Crippen LogP contribution in [0.4, 0.5) is 5.13 Å². The minimum absolute atomic E-state index is 0.109. The van der Waals surface area contributed by atoms with Gasteiger partial charge in [-0.2, -0.15) is 0 Å². The number of ether oxygens (including phenoxy) is 1. The molecular weight excluding hydrogens is 508 g/mol. The van der Waals surface area contributed by atoms with Crippen LogP contribution < -0.4 is 9.64 Å². The maximum absolute atomic E-state index is 13.0. The van der Waals surface area contributed by atoms with Crippen LogP contribution in [0.1, 0.15) is 30.1 Å². The van der Waals surface area contributed by atoms with E-state index in [9.17, 15) is 13.2 Å². The topological polar surface area (TPSA) is 83.1 Å². The van der Waals surface area contributed by atoms with Gasteiger partial charge in [0, 0.05) is 45.3 Å². The fraction of sp³-hybridized carbons (Fsp3) is 0.417. The van der Waals surface area contributed by atoms with Gasteiger partial charge in [0.05, 0.1) is 21.7 Å². The second-order valence-corrected chi connectivity index (χ2v) is 11.8. The average molecular weight is 537 g/mol. The zero-order valence-corrected chi connectivity index (χ0v) is 22.4. The molecule has 0 spiro atoms. The SMILES string of the molecule is CCCCN(C)S(=O)(=O)c1ccc(C(=O)N2CCN(c3nc4c(OC)ccc(Cl)c4s3)CC2)cc1. The van der Waals surface area contributed by atoms with Crippen molar-refractivity contribution in [1.29, 1.82) is 0 Å². The van der Waals surface area contributed by atoms with Crippen LogP contribution in [0.5, 0.6) is 5.75 Å².